The number of nitrogens with one attached hydrogen (secondary N) is 1. The third-order valence-electron chi connectivity index (χ3n) is 4.72. The van der Waals surface area contributed by atoms with Gasteiger partial charge in [0.2, 0.25) is 5.91 Å². The van der Waals surface area contributed by atoms with Crippen molar-refractivity contribution in [3.8, 4) is 0 Å². The summed E-state index contributed by atoms with van der Waals surface area (Å²) < 4.78 is 13.1. The standard InChI is InChI=1S/C23H19FN2O2S/c1-15-5-11-20(12-6-15)26-21(27)14-29-23(26)17-3-2-4-19(13-17)25-22(28)16-7-9-18(24)10-8-16/h2-13,23H,14H2,1H3,(H,25,28)/t23-/m0/s1. The average Bonchev–Trinajstić information content (AvgIpc) is 3.11. The van der Waals surface area contributed by atoms with Gasteiger partial charge in [-0.25, -0.2) is 4.39 Å². The Morgan fingerprint density at radius 2 is 1.79 bits per heavy atom. The van der Waals surface area contributed by atoms with E-state index in [1.54, 1.807) is 22.7 Å². The molecule has 1 fully saturated rings. The lowest BCUT2D eigenvalue weighted by Gasteiger charge is -2.25. The highest BCUT2D eigenvalue weighted by molar-refractivity contribution is 8.00. The van der Waals surface area contributed by atoms with E-state index in [1.807, 2.05) is 49.4 Å². The van der Waals surface area contributed by atoms with E-state index >= 15 is 0 Å². The lowest BCUT2D eigenvalue weighted by molar-refractivity contribution is -0.115. The molecule has 1 aliphatic rings. The molecule has 1 heterocycles. The van der Waals surface area contributed by atoms with E-state index in [0.717, 1.165) is 16.8 Å². The summed E-state index contributed by atoms with van der Waals surface area (Å²) >= 11 is 1.56. The van der Waals surface area contributed by atoms with Crippen LogP contribution in [0.3, 0.4) is 0 Å². The van der Waals surface area contributed by atoms with Crippen LogP contribution in [0.4, 0.5) is 15.8 Å². The SMILES string of the molecule is Cc1ccc(N2C(=O)CS[C@H]2c2cccc(NC(=O)c3ccc(F)cc3)c2)cc1. The van der Waals surface area contributed by atoms with Gasteiger partial charge in [-0.15, -0.1) is 11.8 Å². The number of benzene rings is 3. The Labute approximate surface area is 172 Å². The largest absolute Gasteiger partial charge is 0.322 e. The first-order chi connectivity index (χ1) is 14.0. The Kier molecular flexibility index (Phi) is 5.36. The van der Waals surface area contributed by atoms with E-state index in [-0.39, 0.29) is 23.0 Å². The fraction of sp³-hybridized carbons (Fsp3) is 0.130. The molecule has 0 radical (unpaired) electrons. The minimum absolute atomic E-state index is 0.0598. The van der Waals surface area contributed by atoms with Gasteiger partial charge in [-0.1, -0.05) is 29.8 Å². The van der Waals surface area contributed by atoms with Crippen LogP contribution in [0.2, 0.25) is 0 Å². The summed E-state index contributed by atoms with van der Waals surface area (Å²) in [6.07, 6.45) is 0. The first kappa shape index (κ1) is 19.2. The zero-order valence-electron chi connectivity index (χ0n) is 15.8. The highest BCUT2D eigenvalue weighted by atomic mass is 32.2. The van der Waals surface area contributed by atoms with Crippen molar-refractivity contribution < 1.29 is 14.0 Å². The molecule has 1 saturated heterocycles. The van der Waals surface area contributed by atoms with Gasteiger partial charge in [0.1, 0.15) is 11.2 Å². The highest BCUT2D eigenvalue weighted by Crippen LogP contribution is 2.42. The maximum absolute atomic E-state index is 13.1. The number of carbonyl (C=O) groups is 2. The zero-order chi connectivity index (χ0) is 20.4. The molecule has 3 aromatic rings. The van der Waals surface area contributed by atoms with Crippen molar-refractivity contribution >= 4 is 35.0 Å². The van der Waals surface area contributed by atoms with Crippen molar-refractivity contribution in [3.63, 3.8) is 0 Å². The highest BCUT2D eigenvalue weighted by Gasteiger charge is 2.34. The van der Waals surface area contributed by atoms with Gasteiger partial charge in [0.15, 0.2) is 0 Å². The van der Waals surface area contributed by atoms with Crippen molar-refractivity contribution in [3.05, 3.63) is 95.3 Å². The maximum atomic E-state index is 13.1. The fourth-order valence-electron chi connectivity index (χ4n) is 3.23. The van der Waals surface area contributed by atoms with E-state index in [4.69, 9.17) is 0 Å². The van der Waals surface area contributed by atoms with Crippen molar-refractivity contribution in [2.45, 2.75) is 12.3 Å². The number of halogens is 1. The van der Waals surface area contributed by atoms with Gasteiger partial charge in [0, 0.05) is 16.9 Å². The normalized spacial score (nSPS) is 16.1. The lowest BCUT2D eigenvalue weighted by Crippen LogP contribution is -2.27. The molecule has 1 aliphatic heterocycles. The summed E-state index contributed by atoms with van der Waals surface area (Å²) in [6.45, 7) is 2.01. The maximum Gasteiger partial charge on any atom is 0.255 e. The number of rotatable bonds is 4. The molecule has 29 heavy (non-hydrogen) atoms. The first-order valence-corrected chi connectivity index (χ1v) is 10.2. The van der Waals surface area contributed by atoms with Crippen LogP contribution in [-0.4, -0.2) is 17.6 Å². The zero-order valence-corrected chi connectivity index (χ0v) is 16.6. The molecule has 0 bridgehead atoms. The topological polar surface area (TPSA) is 49.4 Å². The Morgan fingerprint density at radius 1 is 1.07 bits per heavy atom. The van der Waals surface area contributed by atoms with E-state index in [0.29, 0.717) is 17.0 Å². The number of carbonyl (C=O) groups excluding carboxylic acids is 2. The lowest BCUT2D eigenvalue weighted by atomic mass is 10.1. The van der Waals surface area contributed by atoms with Crippen LogP contribution < -0.4 is 10.2 Å². The molecule has 0 aliphatic carbocycles. The van der Waals surface area contributed by atoms with Crippen molar-refractivity contribution in [1.82, 2.24) is 0 Å². The number of anilines is 2. The summed E-state index contributed by atoms with van der Waals surface area (Å²) in [5.41, 5.74) is 3.92. The Hall–Kier alpha value is -3.12. The summed E-state index contributed by atoms with van der Waals surface area (Å²) in [6, 6.07) is 20.7. The van der Waals surface area contributed by atoms with Gasteiger partial charge in [0.25, 0.3) is 5.91 Å². The van der Waals surface area contributed by atoms with Gasteiger partial charge in [-0.3, -0.25) is 14.5 Å². The molecule has 1 atom stereocenters. The van der Waals surface area contributed by atoms with Crippen molar-refractivity contribution in [2.24, 2.45) is 0 Å². The molecular formula is C23H19FN2O2S. The molecule has 1 N–H and O–H groups in total. The monoisotopic (exact) mass is 406 g/mol. The van der Waals surface area contributed by atoms with Gasteiger partial charge < -0.3 is 5.32 Å². The van der Waals surface area contributed by atoms with Gasteiger partial charge in [0.05, 0.1) is 5.75 Å². The third kappa shape index (κ3) is 4.17. The number of aryl methyl sites for hydroxylation is 1. The van der Waals surface area contributed by atoms with E-state index in [1.165, 1.54) is 24.3 Å². The minimum Gasteiger partial charge on any atom is -0.322 e. The van der Waals surface area contributed by atoms with Gasteiger partial charge in [-0.05, 0) is 61.0 Å². The molecular weight excluding hydrogens is 387 g/mol. The Morgan fingerprint density at radius 3 is 2.52 bits per heavy atom. The molecule has 146 valence electrons. The number of hydrogen-bond donors (Lipinski definition) is 1. The van der Waals surface area contributed by atoms with Crippen LogP contribution >= 0.6 is 11.8 Å². The fourth-order valence-corrected chi connectivity index (χ4v) is 4.40. The van der Waals surface area contributed by atoms with Crippen LogP contribution in [0, 0.1) is 12.7 Å². The first-order valence-electron chi connectivity index (χ1n) is 9.18. The summed E-state index contributed by atoms with van der Waals surface area (Å²) in [5, 5.41) is 2.68. The number of nitrogens with zero attached hydrogens (tertiary/aromatic N) is 1. The molecule has 0 aromatic heterocycles. The molecule has 4 nitrogen and oxygen atoms in total. The van der Waals surface area contributed by atoms with Crippen molar-refractivity contribution in [2.75, 3.05) is 16.0 Å². The minimum atomic E-state index is -0.386. The smallest absolute Gasteiger partial charge is 0.255 e. The second-order valence-corrected chi connectivity index (χ2v) is 7.92. The van der Waals surface area contributed by atoms with Crippen LogP contribution in [0.15, 0.2) is 72.8 Å². The summed E-state index contributed by atoms with van der Waals surface area (Å²) in [5.74, 6) is -0.231. The molecule has 4 rings (SSSR count). The van der Waals surface area contributed by atoms with Crippen LogP contribution in [0.5, 0.6) is 0 Å². The third-order valence-corrected chi connectivity index (χ3v) is 5.93. The molecule has 2 amide bonds. The summed E-state index contributed by atoms with van der Waals surface area (Å²) in [7, 11) is 0. The number of thioether (sulfide) groups is 1. The van der Waals surface area contributed by atoms with Crippen LogP contribution in [0.1, 0.15) is 26.9 Å². The quantitative estimate of drug-likeness (QED) is 0.651. The van der Waals surface area contributed by atoms with E-state index in [9.17, 15) is 14.0 Å². The molecule has 0 unspecified atom stereocenters. The summed E-state index contributed by atoms with van der Waals surface area (Å²) in [4.78, 5) is 26.7. The molecule has 0 saturated carbocycles. The Balaban J connectivity index is 1.57. The predicted octanol–water partition coefficient (Wildman–Crippen LogP) is 5.17. The average molecular weight is 406 g/mol. The van der Waals surface area contributed by atoms with Crippen molar-refractivity contribution in [1.29, 1.82) is 0 Å². The van der Waals surface area contributed by atoms with E-state index in [2.05, 4.69) is 5.32 Å². The second kappa shape index (κ2) is 8.09. The second-order valence-electron chi connectivity index (χ2n) is 6.85. The number of hydrogen-bond acceptors (Lipinski definition) is 3. The van der Waals surface area contributed by atoms with Crippen LogP contribution in [0.25, 0.3) is 0 Å². The van der Waals surface area contributed by atoms with Gasteiger partial charge >= 0.3 is 0 Å². The molecule has 0 spiro atoms. The molecule has 3 aromatic carbocycles. The molecule has 6 heteroatoms. The predicted molar refractivity (Wildman–Crippen MR) is 115 cm³/mol. The number of amides is 2. The van der Waals surface area contributed by atoms with E-state index < -0.39 is 0 Å². The van der Waals surface area contributed by atoms with Gasteiger partial charge in [-0.2, -0.15) is 0 Å². The van der Waals surface area contributed by atoms with Crippen LogP contribution in [-0.2, 0) is 4.79 Å². The Bertz CT molecular complexity index is 1050.